The summed E-state index contributed by atoms with van der Waals surface area (Å²) >= 11 is 0. The van der Waals surface area contributed by atoms with E-state index < -0.39 is 18.5 Å². The minimum Gasteiger partial charge on any atom is -0.362 e. The number of hydrogen-bond acceptors (Lipinski definition) is 2. The molecule has 0 heterocycles. The molecule has 0 spiro atoms. The van der Waals surface area contributed by atoms with Gasteiger partial charge in [0.2, 0.25) is 0 Å². The Morgan fingerprint density at radius 2 is 1.94 bits per heavy atom. The number of nitrogens with two attached hydrogens (primary N) is 1. The summed E-state index contributed by atoms with van der Waals surface area (Å²) in [5.41, 5.74) is 6.17. The lowest BCUT2D eigenvalue weighted by molar-refractivity contribution is -0.119. The van der Waals surface area contributed by atoms with Gasteiger partial charge in [-0.05, 0) is 30.2 Å². The number of anilines is 1. The van der Waals surface area contributed by atoms with Gasteiger partial charge < -0.3 is 10.6 Å². The normalized spacial score (nSPS) is 11.7. The van der Waals surface area contributed by atoms with Crippen molar-refractivity contribution in [1.29, 1.82) is 0 Å². The van der Waals surface area contributed by atoms with Gasteiger partial charge in [-0.15, -0.1) is 0 Å². The molecule has 102 valence electrons. The van der Waals surface area contributed by atoms with Crippen molar-refractivity contribution in [2.24, 2.45) is 5.73 Å². The number of benzene rings is 1. The van der Waals surface area contributed by atoms with E-state index in [-0.39, 0.29) is 13.1 Å². The Hall–Kier alpha value is -1.30. The third-order valence-corrected chi connectivity index (χ3v) is 2.47. The fraction of sp³-hybridized carbons (Fsp3) is 0.500. The Balaban J connectivity index is 3.04. The highest BCUT2D eigenvalue weighted by Gasteiger charge is 2.31. The molecule has 0 radical (unpaired) electrons. The van der Waals surface area contributed by atoms with Crippen LogP contribution in [0.1, 0.15) is 18.9 Å². The highest BCUT2D eigenvalue weighted by molar-refractivity contribution is 5.54. The van der Waals surface area contributed by atoms with Crippen molar-refractivity contribution >= 4 is 5.69 Å². The van der Waals surface area contributed by atoms with Crippen LogP contribution in [0.15, 0.2) is 18.2 Å². The van der Waals surface area contributed by atoms with Crippen molar-refractivity contribution in [3.8, 4) is 0 Å². The van der Waals surface area contributed by atoms with E-state index in [0.29, 0.717) is 17.7 Å². The number of hydrogen-bond donors (Lipinski definition) is 1. The summed E-state index contributed by atoms with van der Waals surface area (Å²) in [4.78, 5) is 1.18. The summed E-state index contributed by atoms with van der Waals surface area (Å²) in [6, 6.07) is 3.67. The van der Waals surface area contributed by atoms with E-state index in [2.05, 4.69) is 0 Å². The molecule has 0 saturated heterocycles. The second kappa shape index (κ2) is 6.04. The molecule has 0 atom stereocenters. The van der Waals surface area contributed by atoms with Crippen LogP contribution in [0.5, 0.6) is 0 Å². The van der Waals surface area contributed by atoms with Gasteiger partial charge in [0.25, 0.3) is 0 Å². The molecule has 0 bridgehead atoms. The van der Waals surface area contributed by atoms with Gasteiger partial charge in [0.05, 0.1) is 0 Å². The Kier molecular flexibility index (Phi) is 4.95. The molecule has 0 aliphatic carbocycles. The average Bonchev–Trinajstić information content (AvgIpc) is 2.26. The number of nitrogens with zero attached hydrogens (tertiary/aromatic N) is 1. The Morgan fingerprint density at radius 1 is 1.28 bits per heavy atom. The van der Waals surface area contributed by atoms with Crippen LogP contribution in [-0.4, -0.2) is 19.3 Å². The molecule has 0 fully saturated rings. The van der Waals surface area contributed by atoms with Crippen LogP contribution < -0.4 is 10.6 Å². The second-order valence-electron chi connectivity index (χ2n) is 4.01. The minimum atomic E-state index is -4.30. The quantitative estimate of drug-likeness (QED) is 0.828. The van der Waals surface area contributed by atoms with Crippen LogP contribution in [0.3, 0.4) is 0 Å². The standard InChI is InChI=1S/C12H16F4N2/c1-2-5-18(8-12(14,15)16)11-4-3-10(13)6-9(11)7-17/h3-4,6H,2,5,7-8,17H2,1H3. The van der Waals surface area contributed by atoms with E-state index in [4.69, 9.17) is 5.73 Å². The second-order valence-corrected chi connectivity index (χ2v) is 4.01. The molecule has 0 aromatic heterocycles. The molecule has 0 aliphatic heterocycles. The summed E-state index contributed by atoms with van der Waals surface area (Å²) in [5, 5.41) is 0. The smallest absolute Gasteiger partial charge is 0.362 e. The minimum absolute atomic E-state index is 0.00512. The largest absolute Gasteiger partial charge is 0.405 e. The zero-order valence-electron chi connectivity index (χ0n) is 10.1. The van der Waals surface area contributed by atoms with Gasteiger partial charge in [0.15, 0.2) is 0 Å². The maximum absolute atomic E-state index is 13.0. The zero-order valence-corrected chi connectivity index (χ0v) is 10.1. The SMILES string of the molecule is CCCN(CC(F)(F)F)c1ccc(F)cc1CN. The molecule has 2 nitrogen and oxygen atoms in total. The molecule has 6 heteroatoms. The van der Waals surface area contributed by atoms with Gasteiger partial charge in [-0.3, -0.25) is 0 Å². The molecular formula is C12H16F4N2. The molecular weight excluding hydrogens is 248 g/mol. The summed E-state index contributed by atoms with van der Waals surface area (Å²) in [7, 11) is 0. The predicted molar refractivity (Wildman–Crippen MR) is 62.9 cm³/mol. The summed E-state index contributed by atoms with van der Waals surface area (Å²) in [6.45, 7) is 0.984. The van der Waals surface area contributed by atoms with Crippen molar-refractivity contribution in [2.75, 3.05) is 18.0 Å². The molecule has 0 amide bonds. The summed E-state index contributed by atoms with van der Waals surface area (Å²) in [6.07, 6.45) is -3.73. The van der Waals surface area contributed by atoms with Crippen LogP contribution in [0.4, 0.5) is 23.2 Å². The number of alkyl halides is 3. The highest BCUT2D eigenvalue weighted by Crippen LogP contribution is 2.26. The van der Waals surface area contributed by atoms with E-state index in [9.17, 15) is 17.6 Å². The van der Waals surface area contributed by atoms with Gasteiger partial charge in [-0.2, -0.15) is 13.2 Å². The monoisotopic (exact) mass is 264 g/mol. The van der Waals surface area contributed by atoms with Gasteiger partial charge >= 0.3 is 6.18 Å². The van der Waals surface area contributed by atoms with E-state index in [0.717, 1.165) is 6.07 Å². The van der Waals surface area contributed by atoms with E-state index in [1.807, 2.05) is 0 Å². The first kappa shape index (κ1) is 14.8. The number of rotatable bonds is 5. The Labute approximate surface area is 103 Å². The molecule has 1 rings (SSSR count). The first-order valence-corrected chi connectivity index (χ1v) is 5.67. The number of halogens is 4. The third-order valence-electron chi connectivity index (χ3n) is 2.47. The lowest BCUT2D eigenvalue weighted by Gasteiger charge is -2.27. The van der Waals surface area contributed by atoms with Gasteiger partial charge in [0, 0.05) is 18.8 Å². The van der Waals surface area contributed by atoms with Crippen LogP contribution in [-0.2, 0) is 6.54 Å². The molecule has 0 unspecified atom stereocenters. The van der Waals surface area contributed by atoms with Gasteiger partial charge in [-0.1, -0.05) is 6.92 Å². The van der Waals surface area contributed by atoms with Crippen LogP contribution in [0.25, 0.3) is 0 Å². The van der Waals surface area contributed by atoms with E-state index >= 15 is 0 Å². The van der Waals surface area contributed by atoms with Crippen molar-refractivity contribution in [2.45, 2.75) is 26.1 Å². The van der Waals surface area contributed by atoms with E-state index in [1.54, 1.807) is 6.92 Å². The van der Waals surface area contributed by atoms with E-state index in [1.165, 1.54) is 17.0 Å². The first-order valence-electron chi connectivity index (χ1n) is 5.67. The zero-order chi connectivity index (χ0) is 13.8. The Bertz CT molecular complexity index is 390. The van der Waals surface area contributed by atoms with Crippen molar-refractivity contribution < 1.29 is 17.6 Å². The van der Waals surface area contributed by atoms with Crippen LogP contribution >= 0.6 is 0 Å². The lowest BCUT2D eigenvalue weighted by atomic mass is 10.1. The van der Waals surface area contributed by atoms with Gasteiger partial charge in [0.1, 0.15) is 12.4 Å². The molecule has 0 saturated carbocycles. The third kappa shape index (κ3) is 4.18. The fourth-order valence-electron chi connectivity index (χ4n) is 1.80. The maximum Gasteiger partial charge on any atom is 0.405 e. The first-order chi connectivity index (χ1) is 8.37. The highest BCUT2D eigenvalue weighted by atomic mass is 19.4. The topological polar surface area (TPSA) is 29.3 Å². The molecule has 0 aliphatic rings. The fourth-order valence-corrected chi connectivity index (χ4v) is 1.80. The van der Waals surface area contributed by atoms with Crippen molar-refractivity contribution in [3.63, 3.8) is 0 Å². The molecule has 18 heavy (non-hydrogen) atoms. The Morgan fingerprint density at radius 3 is 2.44 bits per heavy atom. The van der Waals surface area contributed by atoms with Crippen molar-refractivity contribution in [3.05, 3.63) is 29.6 Å². The van der Waals surface area contributed by atoms with Gasteiger partial charge in [-0.25, -0.2) is 4.39 Å². The lowest BCUT2D eigenvalue weighted by Crippen LogP contribution is -2.35. The molecule has 1 aromatic carbocycles. The summed E-state index contributed by atoms with van der Waals surface area (Å²) < 4.78 is 50.5. The predicted octanol–water partition coefficient (Wildman–Crippen LogP) is 3.06. The van der Waals surface area contributed by atoms with Crippen LogP contribution in [0, 0.1) is 5.82 Å². The molecule has 1 aromatic rings. The molecule has 2 N–H and O–H groups in total. The van der Waals surface area contributed by atoms with Crippen molar-refractivity contribution in [1.82, 2.24) is 0 Å². The van der Waals surface area contributed by atoms with Crippen LogP contribution in [0.2, 0.25) is 0 Å². The average molecular weight is 264 g/mol. The maximum atomic E-state index is 13.0. The summed E-state index contributed by atoms with van der Waals surface area (Å²) in [5.74, 6) is -0.498.